The van der Waals surface area contributed by atoms with Gasteiger partial charge in [0.1, 0.15) is 5.75 Å². The molecule has 0 radical (unpaired) electrons. The molecule has 1 saturated carbocycles. The van der Waals surface area contributed by atoms with E-state index in [0.29, 0.717) is 12.7 Å². The van der Waals surface area contributed by atoms with E-state index < -0.39 is 0 Å². The highest BCUT2D eigenvalue weighted by Gasteiger charge is 2.29. The predicted molar refractivity (Wildman–Crippen MR) is 67.9 cm³/mol. The quantitative estimate of drug-likeness (QED) is 0.766. The van der Waals surface area contributed by atoms with Gasteiger partial charge in [0.2, 0.25) is 0 Å². The van der Waals surface area contributed by atoms with E-state index in [-0.39, 0.29) is 17.8 Å². The number of hydrogen-bond donors (Lipinski definition) is 0. The van der Waals surface area contributed by atoms with Crippen molar-refractivity contribution < 1.29 is 14.3 Å². The average molecular weight is 246 g/mol. The van der Waals surface area contributed by atoms with Crippen molar-refractivity contribution in [2.24, 2.45) is 5.92 Å². The smallest absolute Gasteiger partial charge is 0.168 e. The zero-order chi connectivity index (χ0) is 12.5. The van der Waals surface area contributed by atoms with Crippen molar-refractivity contribution in [1.29, 1.82) is 0 Å². The molecule has 3 rings (SSSR count). The monoisotopic (exact) mass is 246 g/mol. The van der Waals surface area contributed by atoms with Gasteiger partial charge >= 0.3 is 0 Å². The van der Waals surface area contributed by atoms with Crippen molar-refractivity contribution >= 4 is 5.78 Å². The number of ether oxygens (including phenoxy) is 2. The molecule has 0 amide bonds. The van der Waals surface area contributed by atoms with Gasteiger partial charge in [0.05, 0.1) is 18.8 Å². The van der Waals surface area contributed by atoms with Crippen LogP contribution in [0.5, 0.6) is 5.75 Å². The van der Waals surface area contributed by atoms with Gasteiger partial charge < -0.3 is 9.47 Å². The third kappa shape index (κ3) is 2.56. The largest absolute Gasteiger partial charge is 0.490 e. The van der Waals surface area contributed by atoms with Crippen LogP contribution in [0.4, 0.5) is 0 Å². The first-order valence-electron chi connectivity index (χ1n) is 6.65. The number of benzene rings is 1. The van der Waals surface area contributed by atoms with Gasteiger partial charge in [0.25, 0.3) is 0 Å². The molecule has 0 N–H and O–H groups in total. The van der Waals surface area contributed by atoms with E-state index in [9.17, 15) is 4.79 Å². The molecule has 1 aromatic rings. The summed E-state index contributed by atoms with van der Waals surface area (Å²) >= 11 is 0. The van der Waals surface area contributed by atoms with Gasteiger partial charge in [-0.3, -0.25) is 4.79 Å². The Bertz CT molecular complexity index is 434. The number of carbonyl (C=O) groups is 1. The van der Waals surface area contributed by atoms with Crippen molar-refractivity contribution in [2.75, 3.05) is 6.61 Å². The molecule has 1 heterocycles. The molecule has 3 heteroatoms. The van der Waals surface area contributed by atoms with Gasteiger partial charge in [-0.2, -0.15) is 0 Å². The molecule has 1 aliphatic heterocycles. The van der Waals surface area contributed by atoms with Crippen LogP contribution in [0.1, 0.15) is 36.5 Å². The van der Waals surface area contributed by atoms with E-state index in [1.165, 1.54) is 0 Å². The van der Waals surface area contributed by atoms with Crippen LogP contribution in [-0.4, -0.2) is 24.6 Å². The molecular weight excluding hydrogens is 228 g/mol. The Kier molecular flexibility index (Phi) is 3.08. The lowest BCUT2D eigenvalue weighted by Gasteiger charge is -2.08. The Hall–Kier alpha value is -1.35. The van der Waals surface area contributed by atoms with Crippen molar-refractivity contribution in [1.82, 2.24) is 0 Å². The molecule has 2 aliphatic rings. The molecule has 0 bridgehead atoms. The number of Topliss-reactive ketones (excluding diaryl/α,β-unsaturated/α-hetero) is 1. The fraction of sp³-hybridized carbons (Fsp3) is 0.533. The van der Waals surface area contributed by atoms with E-state index in [1.807, 2.05) is 31.2 Å². The summed E-state index contributed by atoms with van der Waals surface area (Å²) in [4.78, 5) is 12.2. The highest BCUT2D eigenvalue weighted by molar-refractivity contribution is 5.98. The molecule has 1 aromatic carbocycles. The second kappa shape index (κ2) is 4.73. The van der Waals surface area contributed by atoms with Gasteiger partial charge in [-0.1, -0.05) is 0 Å². The van der Waals surface area contributed by atoms with Gasteiger partial charge in [-0.15, -0.1) is 0 Å². The number of ketones is 1. The maximum Gasteiger partial charge on any atom is 0.168 e. The van der Waals surface area contributed by atoms with Crippen LogP contribution < -0.4 is 4.74 Å². The molecular formula is C15H18O3. The highest BCUT2D eigenvalue weighted by atomic mass is 16.5. The summed E-state index contributed by atoms with van der Waals surface area (Å²) in [6.07, 6.45) is 3.74. The maximum atomic E-state index is 12.2. The molecule has 3 nitrogen and oxygen atoms in total. The lowest BCUT2D eigenvalue weighted by Crippen LogP contribution is -2.14. The van der Waals surface area contributed by atoms with E-state index in [1.54, 1.807) is 0 Å². The van der Waals surface area contributed by atoms with Crippen LogP contribution in [0.3, 0.4) is 0 Å². The Morgan fingerprint density at radius 2 is 2.00 bits per heavy atom. The summed E-state index contributed by atoms with van der Waals surface area (Å²) in [6, 6.07) is 7.52. The van der Waals surface area contributed by atoms with Gasteiger partial charge in [-0.05, 0) is 50.5 Å². The van der Waals surface area contributed by atoms with Crippen LogP contribution in [0.2, 0.25) is 0 Å². The first-order chi connectivity index (χ1) is 8.72. The second-order valence-electron chi connectivity index (χ2n) is 5.28. The second-order valence-corrected chi connectivity index (χ2v) is 5.28. The molecule has 96 valence electrons. The summed E-state index contributed by atoms with van der Waals surface area (Å²) in [6.45, 7) is 2.57. The van der Waals surface area contributed by atoms with E-state index in [4.69, 9.17) is 9.47 Å². The Balaban J connectivity index is 1.65. The summed E-state index contributed by atoms with van der Waals surface area (Å²) in [7, 11) is 0. The van der Waals surface area contributed by atoms with Crippen molar-refractivity contribution in [3.05, 3.63) is 29.8 Å². The average Bonchev–Trinajstić information content (AvgIpc) is 3.09. The first-order valence-corrected chi connectivity index (χ1v) is 6.65. The topological polar surface area (TPSA) is 35.5 Å². The number of rotatable bonds is 4. The highest BCUT2D eigenvalue weighted by Crippen LogP contribution is 2.28. The van der Waals surface area contributed by atoms with Gasteiger partial charge in [0, 0.05) is 11.5 Å². The normalized spacial score (nSPS) is 27.2. The lowest BCUT2D eigenvalue weighted by molar-refractivity contribution is 0.0877. The third-order valence-corrected chi connectivity index (χ3v) is 3.54. The van der Waals surface area contributed by atoms with Crippen LogP contribution in [0.15, 0.2) is 24.3 Å². The summed E-state index contributed by atoms with van der Waals surface area (Å²) in [5.74, 6) is 1.08. The van der Waals surface area contributed by atoms with Crippen LogP contribution in [-0.2, 0) is 4.74 Å². The molecule has 2 fully saturated rings. The van der Waals surface area contributed by atoms with Gasteiger partial charge in [0.15, 0.2) is 5.78 Å². The molecule has 1 aliphatic carbocycles. The minimum absolute atomic E-state index is 0.0233. The van der Waals surface area contributed by atoms with Gasteiger partial charge in [-0.25, -0.2) is 0 Å². The zero-order valence-corrected chi connectivity index (χ0v) is 10.6. The van der Waals surface area contributed by atoms with Crippen LogP contribution >= 0.6 is 0 Å². The third-order valence-electron chi connectivity index (χ3n) is 3.54. The molecule has 18 heavy (non-hydrogen) atoms. The molecule has 1 saturated heterocycles. The molecule has 0 aromatic heterocycles. The van der Waals surface area contributed by atoms with Crippen LogP contribution in [0.25, 0.3) is 0 Å². The van der Waals surface area contributed by atoms with Crippen molar-refractivity contribution in [3.8, 4) is 5.75 Å². The van der Waals surface area contributed by atoms with E-state index in [2.05, 4.69) is 0 Å². The Labute approximate surface area is 107 Å². The fourth-order valence-corrected chi connectivity index (χ4v) is 2.31. The van der Waals surface area contributed by atoms with E-state index >= 15 is 0 Å². The van der Waals surface area contributed by atoms with Crippen LogP contribution in [0, 0.1) is 5.92 Å². The number of carbonyl (C=O) groups excluding carboxylic acids is 1. The summed E-state index contributed by atoms with van der Waals surface area (Å²) in [5.41, 5.74) is 0.765. The SMILES string of the molecule is CC1CC(C(=O)c2ccc(OC3CC3)cc2)CO1. The lowest BCUT2D eigenvalue weighted by atomic mass is 9.95. The Morgan fingerprint density at radius 3 is 2.56 bits per heavy atom. The standard InChI is InChI=1S/C15H18O3/c1-10-8-12(9-17-10)15(16)11-2-4-13(5-3-11)18-14-6-7-14/h2-5,10,12,14H,6-9H2,1H3. The predicted octanol–water partition coefficient (Wildman–Crippen LogP) is 2.84. The fourth-order valence-electron chi connectivity index (χ4n) is 2.31. The molecule has 2 unspecified atom stereocenters. The van der Waals surface area contributed by atoms with Crippen molar-refractivity contribution in [2.45, 2.75) is 38.4 Å². The summed E-state index contributed by atoms with van der Waals surface area (Å²) in [5, 5.41) is 0. The van der Waals surface area contributed by atoms with Crippen molar-refractivity contribution in [3.63, 3.8) is 0 Å². The zero-order valence-electron chi connectivity index (χ0n) is 10.6. The Morgan fingerprint density at radius 1 is 1.28 bits per heavy atom. The minimum Gasteiger partial charge on any atom is -0.490 e. The van der Waals surface area contributed by atoms with E-state index in [0.717, 1.165) is 30.6 Å². The first kappa shape index (κ1) is 11.7. The molecule has 2 atom stereocenters. The maximum absolute atomic E-state index is 12.2. The number of hydrogen-bond acceptors (Lipinski definition) is 3. The molecule has 0 spiro atoms. The summed E-state index contributed by atoms with van der Waals surface area (Å²) < 4.78 is 11.1. The minimum atomic E-state index is 0.0233.